The Hall–Kier alpha value is -5.84. The second-order valence-electron chi connectivity index (χ2n) is 12.5. The van der Waals surface area contributed by atoms with Gasteiger partial charge < -0.3 is 4.42 Å². The van der Waals surface area contributed by atoms with Crippen LogP contribution in [0.3, 0.4) is 0 Å². The number of benzene rings is 5. The van der Waals surface area contributed by atoms with Gasteiger partial charge >= 0.3 is 0 Å². The summed E-state index contributed by atoms with van der Waals surface area (Å²) in [5, 5.41) is 0. The molecule has 1 heterocycles. The third-order valence-corrected chi connectivity index (χ3v) is 10.2. The zero-order valence-corrected chi connectivity index (χ0v) is 25.2. The molecule has 0 saturated carbocycles. The van der Waals surface area contributed by atoms with Crippen LogP contribution in [0.15, 0.2) is 144 Å². The SMILES string of the molecule is c1cccc(-c2cc3c(cc2-c2oc(-c4ccccc4)c4c2CCC=C4)C2(c4ccccc4-c4ccccc42)c2ccccc2-3)c#1. The number of hydrogen-bond donors (Lipinski definition) is 0. The maximum absolute atomic E-state index is 7.05. The van der Waals surface area contributed by atoms with E-state index in [1.54, 1.807) is 0 Å². The quantitative estimate of drug-likeness (QED) is 0.201. The molecule has 0 unspecified atom stereocenters. The summed E-state index contributed by atoms with van der Waals surface area (Å²) >= 11 is 0. The summed E-state index contributed by atoms with van der Waals surface area (Å²) in [6.07, 6.45) is 6.46. The highest BCUT2D eigenvalue weighted by Gasteiger charge is 2.52. The Morgan fingerprint density at radius 1 is 0.543 bits per heavy atom. The molecule has 3 aliphatic carbocycles. The van der Waals surface area contributed by atoms with Gasteiger partial charge in [-0.15, -0.1) is 0 Å². The van der Waals surface area contributed by atoms with E-state index >= 15 is 0 Å². The fourth-order valence-electron chi connectivity index (χ4n) is 8.41. The molecule has 7 aromatic rings. The van der Waals surface area contributed by atoms with E-state index in [9.17, 15) is 0 Å². The highest BCUT2D eigenvalue weighted by Crippen LogP contribution is 2.64. The Balaban J connectivity index is 1.34. The lowest BCUT2D eigenvalue weighted by Crippen LogP contribution is -2.25. The Morgan fingerprint density at radius 2 is 1.20 bits per heavy atom. The van der Waals surface area contributed by atoms with Crippen molar-refractivity contribution in [1.29, 1.82) is 0 Å². The van der Waals surface area contributed by atoms with E-state index < -0.39 is 5.41 Å². The van der Waals surface area contributed by atoms with Gasteiger partial charge in [-0.05, 0) is 81.6 Å². The third kappa shape index (κ3) is 3.31. The van der Waals surface area contributed by atoms with Crippen LogP contribution < -0.4 is 0 Å². The summed E-state index contributed by atoms with van der Waals surface area (Å²) in [4.78, 5) is 0. The molecule has 0 radical (unpaired) electrons. The van der Waals surface area contributed by atoms with Gasteiger partial charge in [0.05, 0.1) is 5.41 Å². The van der Waals surface area contributed by atoms with E-state index in [0.29, 0.717) is 0 Å². The van der Waals surface area contributed by atoms with Crippen LogP contribution in [0.2, 0.25) is 0 Å². The van der Waals surface area contributed by atoms with E-state index in [1.165, 1.54) is 55.6 Å². The van der Waals surface area contributed by atoms with E-state index in [-0.39, 0.29) is 0 Å². The minimum absolute atomic E-state index is 0.423. The Morgan fingerprint density at radius 3 is 1.87 bits per heavy atom. The van der Waals surface area contributed by atoms with Gasteiger partial charge in [0, 0.05) is 33.4 Å². The first-order valence-corrected chi connectivity index (χ1v) is 16.1. The van der Waals surface area contributed by atoms with E-state index in [2.05, 4.69) is 152 Å². The van der Waals surface area contributed by atoms with Crippen molar-refractivity contribution in [2.75, 3.05) is 0 Å². The molecule has 6 aromatic carbocycles. The van der Waals surface area contributed by atoms with Gasteiger partial charge in [0.25, 0.3) is 0 Å². The zero-order chi connectivity index (χ0) is 30.2. The first-order chi connectivity index (χ1) is 22.8. The predicted octanol–water partition coefficient (Wildman–Crippen LogP) is 11.2. The van der Waals surface area contributed by atoms with Crippen LogP contribution in [0.5, 0.6) is 0 Å². The molecular formula is C45H28O. The second kappa shape index (κ2) is 9.58. The van der Waals surface area contributed by atoms with Crippen LogP contribution in [0.25, 0.3) is 62.1 Å². The second-order valence-corrected chi connectivity index (χ2v) is 12.5. The topological polar surface area (TPSA) is 13.1 Å². The predicted molar refractivity (Wildman–Crippen MR) is 186 cm³/mol. The molecule has 10 rings (SSSR count). The van der Waals surface area contributed by atoms with Crippen molar-refractivity contribution in [3.05, 3.63) is 185 Å². The molecule has 214 valence electrons. The lowest BCUT2D eigenvalue weighted by Gasteiger charge is -2.31. The van der Waals surface area contributed by atoms with Gasteiger partial charge in [-0.1, -0.05) is 133 Å². The third-order valence-electron chi connectivity index (χ3n) is 10.2. The summed E-state index contributed by atoms with van der Waals surface area (Å²) in [7, 11) is 0. The number of allylic oxidation sites excluding steroid dienone is 1. The fourth-order valence-corrected chi connectivity index (χ4v) is 8.41. The van der Waals surface area contributed by atoms with Crippen molar-refractivity contribution in [1.82, 2.24) is 0 Å². The molecule has 1 nitrogen and oxygen atoms in total. The van der Waals surface area contributed by atoms with Crippen LogP contribution in [0.4, 0.5) is 0 Å². The molecule has 0 saturated heterocycles. The normalized spacial score (nSPS) is 14.3. The minimum Gasteiger partial charge on any atom is -0.455 e. The van der Waals surface area contributed by atoms with Gasteiger partial charge in [0.2, 0.25) is 0 Å². The monoisotopic (exact) mass is 584 g/mol. The molecule has 1 spiro atoms. The first-order valence-electron chi connectivity index (χ1n) is 16.1. The summed E-state index contributed by atoms with van der Waals surface area (Å²) < 4.78 is 7.05. The van der Waals surface area contributed by atoms with E-state index in [4.69, 9.17) is 4.42 Å². The smallest absolute Gasteiger partial charge is 0.142 e. The zero-order valence-electron chi connectivity index (χ0n) is 25.2. The molecule has 0 atom stereocenters. The number of fused-ring (bicyclic) bond motifs is 11. The minimum atomic E-state index is -0.423. The molecule has 46 heavy (non-hydrogen) atoms. The summed E-state index contributed by atoms with van der Waals surface area (Å²) in [5.74, 6) is 1.89. The first kappa shape index (κ1) is 25.5. The molecule has 3 aliphatic rings. The molecule has 0 N–H and O–H groups in total. The average Bonchev–Trinajstić information content (AvgIpc) is 3.76. The van der Waals surface area contributed by atoms with Gasteiger partial charge in [0.1, 0.15) is 11.5 Å². The van der Waals surface area contributed by atoms with Gasteiger partial charge in [-0.2, -0.15) is 0 Å². The summed E-state index contributed by atoms with van der Waals surface area (Å²) in [5.41, 5.74) is 16.9. The number of rotatable bonds is 3. The van der Waals surface area contributed by atoms with Gasteiger partial charge in [-0.3, -0.25) is 0 Å². The van der Waals surface area contributed by atoms with Crippen molar-refractivity contribution < 1.29 is 4.42 Å². The molecular weight excluding hydrogens is 556 g/mol. The maximum atomic E-state index is 7.05. The molecule has 0 bridgehead atoms. The van der Waals surface area contributed by atoms with E-state index in [0.717, 1.165) is 46.6 Å². The Labute approximate surface area is 269 Å². The molecule has 1 heteroatoms. The van der Waals surface area contributed by atoms with Crippen LogP contribution >= 0.6 is 0 Å². The molecule has 0 aliphatic heterocycles. The lowest BCUT2D eigenvalue weighted by atomic mass is 9.70. The standard InChI is InChI=1S/C45H28O/c1-3-15-29(16-4-1)36-27-37-33-21-11-14-26-41(33)45(39-24-12-9-19-31(39)32-20-10-13-25-40(32)45)42(37)28-38(36)44-35-23-8-7-22-34(35)43(46-44)30-17-5-2-6-18-30/h1-3,5-7,9-15,17-22,24-28H,8,23H2. The Bertz CT molecular complexity index is 2310. The molecule has 0 amide bonds. The number of furan rings is 1. The largest absolute Gasteiger partial charge is 0.455 e. The molecule has 1 aromatic heterocycles. The van der Waals surface area contributed by atoms with Crippen LogP contribution in [0.1, 0.15) is 39.8 Å². The van der Waals surface area contributed by atoms with Crippen molar-refractivity contribution in [3.63, 3.8) is 0 Å². The fraction of sp³-hybridized carbons (Fsp3) is 0.0667. The van der Waals surface area contributed by atoms with Crippen LogP contribution in [-0.2, 0) is 11.8 Å². The van der Waals surface area contributed by atoms with Crippen LogP contribution in [-0.4, -0.2) is 0 Å². The van der Waals surface area contributed by atoms with Crippen molar-refractivity contribution >= 4 is 6.08 Å². The maximum Gasteiger partial charge on any atom is 0.142 e. The lowest BCUT2D eigenvalue weighted by molar-refractivity contribution is 0.594. The molecule has 0 fully saturated rings. The van der Waals surface area contributed by atoms with Crippen molar-refractivity contribution in [3.8, 4) is 56.0 Å². The highest BCUT2D eigenvalue weighted by molar-refractivity contribution is 5.99. The average molecular weight is 585 g/mol. The van der Waals surface area contributed by atoms with Gasteiger partial charge in [0.15, 0.2) is 0 Å². The summed E-state index contributed by atoms with van der Waals surface area (Å²) in [6.45, 7) is 0. The Kier molecular flexibility index (Phi) is 5.31. The number of hydrogen-bond acceptors (Lipinski definition) is 1. The highest BCUT2D eigenvalue weighted by atomic mass is 16.3. The summed E-state index contributed by atoms with van der Waals surface area (Å²) in [6, 6.07) is 55.1. The van der Waals surface area contributed by atoms with Gasteiger partial charge in [-0.25, -0.2) is 0 Å². The van der Waals surface area contributed by atoms with Crippen molar-refractivity contribution in [2.24, 2.45) is 0 Å². The van der Waals surface area contributed by atoms with Crippen LogP contribution in [0, 0.1) is 12.1 Å². The van der Waals surface area contributed by atoms with Crippen molar-refractivity contribution in [2.45, 2.75) is 18.3 Å². The van der Waals surface area contributed by atoms with E-state index in [1.807, 2.05) is 6.07 Å².